The van der Waals surface area contributed by atoms with Crippen molar-refractivity contribution in [3.05, 3.63) is 39.7 Å². The van der Waals surface area contributed by atoms with Crippen LogP contribution in [0.5, 0.6) is 5.75 Å². The van der Waals surface area contributed by atoms with Gasteiger partial charge in [0, 0.05) is 36.8 Å². The van der Waals surface area contributed by atoms with Crippen molar-refractivity contribution in [2.24, 2.45) is 22.7 Å². The van der Waals surface area contributed by atoms with Crippen LogP contribution in [0.25, 0.3) is 5.76 Å². The molecule has 3 aliphatic rings. The maximum Gasteiger partial charge on any atom is 0.255 e. The minimum Gasteiger partial charge on any atom is -0.508 e. The van der Waals surface area contributed by atoms with Crippen LogP contribution < -0.4 is 10.6 Å². The number of aliphatic hydroxyl groups excluding tert-OH is 2. The molecular weight excluding hydrogens is 484 g/mol. The molecule has 6 N–H and O–H groups in total. The smallest absolute Gasteiger partial charge is 0.255 e. The lowest BCUT2D eigenvalue weighted by Gasteiger charge is -2.50. The molecule has 0 aliphatic heterocycles. The van der Waals surface area contributed by atoms with Crippen molar-refractivity contribution in [2.45, 2.75) is 24.5 Å². The highest BCUT2D eigenvalue weighted by atomic mass is 16.6. The number of benzene rings is 1. The lowest BCUT2D eigenvalue weighted by Crippen LogP contribution is -2.65. The number of phenols is 1. The third-order valence-electron chi connectivity index (χ3n) is 7.51. The second kappa shape index (κ2) is 8.89. The lowest BCUT2D eigenvalue weighted by atomic mass is 9.57. The van der Waals surface area contributed by atoms with Crippen LogP contribution in [0.1, 0.15) is 23.1 Å². The lowest BCUT2D eigenvalue weighted by molar-refractivity contribution is -0.153. The third-order valence-corrected chi connectivity index (χ3v) is 7.51. The predicted octanol–water partition coefficient (Wildman–Crippen LogP) is 0.0103. The molecule has 37 heavy (non-hydrogen) atoms. The number of amides is 1. The van der Waals surface area contributed by atoms with Crippen molar-refractivity contribution in [3.63, 3.8) is 0 Å². The van der Waals surface area contributed by atoms with Gasteiger partial charge in [-0.2, -0.15) is 0 Å². The minimum absolute atomic E-state index is 0.0138. The molecule has 1 fully saturated rings. The number of aliphatic hydroxyl groups is 3. The SMILES string of the molecule is CO/N=C/c1cc(N(C)C)c2c(c1O)C(O)=C1C(=O)[C@]3(O)C(O)=C(C(N)=O)C(=O)[C@@H](N(C)C)[C@@H]3C[C@@H]1C2. The summed E-state index contributed by atoms with van der Waals surface area (Å²) >= 11 is 0. The van der Waals surface area contributed by atoms with E-state index in [1.807, 2.05) is 0 Å². The fourth-order valence-electron chi connectivity index (χ4n) is 5.92. The second-order valence-corrected chi connectivity index (χ2v) is 9.96. The largest absolute Gasteiger partial charge is 0.508 e. The van der Waals surface area contributed by atoms with E-state index >= 15 is 0 Å². The van der Waals surface area contributed by atoms with Crippen LogP contribution in [0.3, 0.4) is 0 Å². The van der Waals surface area contributed by atoms with E-state index in [0.29, 0.717) is 11.3 Å². The van der Waals surface area contributed by atoms with Gasteiger partial charge in [-0.1, -0.05) is 5.16 Å². The number of likely N-dealkylation sites (N-methyl/N-ethyl adjacent to an activating group) is 1. The molecule has 0 radical (unpaired) electrons. The summed E-state index contributed by atoms with van der Waals surface area (Å²) in [5.74, 6) is -6.95. The highest BCUT2D eigenvalue weighted by Crippen LogP contribution is 2.53. The Morgan fingerprint density at radius 3 is 2.41 bits per heavy atom. The molecule has 0 unspecified atom stereocenters. The molecule has 0 spiro atoms. The summed E-state index contributed by atoms with van der Waals surface area (Å²) in [6.45, 7) is 0. The van der Waals surface area contributed by atoms with Gasteiger partial charge in [-0.25, -0.2) is 0 Å². The van der Waals surface area contributed by atoms with E-state index in [2.05, 4.69) is 5.16 Å². The van der Waals surface area contributed by atoms with Crippen LogP contribution in [-0.4, -0.2) is 96.0 Å². The van der Waals surface area contributed by atoms with Gasteiger partial charge in [0.2, 0.25) is 5.78 Å². The van der Waals surface area contributed by atoms with Gasteiger partial charge in [0.25, 0.3) is 5.91 Å². The molecule has 0 heterocycles. The van der Waals surface area contributed by atoms with Crippen molar-refractivity contribution in [2.75, 3.05) is 40.2 Å². The summed E-state index contributed by atoms with van der Waals surface area (Å²) in [4.78, 5) is 47.1. The second-order valence-electron chi connectivity index (χ2n) is 9.96. The number of hydrogen-bond acceptors (Lipinski definition) is 11. The van der Waals surface area contributed by atoms with Gasteiger partial charge in [-0.3, -0.25) is 19.3 Å². The first-order valence-corrected chi connectivity index (χ1v) is 11.6. The zero-order chi connectivity index (χ0) is 27.6. The third kappa shape index (κ3) is 3.58. The molecule has 0 saturated heterocycles. The van der Waals surface area contributed by atoms with Gasteiger partial charge in [-0.15, -0.1) is 0 Å². The van der Waals surface area contributed by atoms with Crippen molar-refractivity contribution in [1.29, 1.82) is 0 Å². The molecule has 198 valence electrons. The number of fused-ring (bicyclic) bond motifs is 3. The molecule has 12 nitrogen and oxygen atoms in total. The summed E-state index contributed by atoms with van der Waals surface area (Å²) in [6.07, 6.45) is 1.46. The standard InChI is InChI=1S/C25H30N4O8/c1-28(2)14-8-11(9-27-37-5)19(30)16-12(14)6-10-7-13-18(29(3)4)21(32)17(24(26)35)23(34)25(13,36)22(33)15(10)20(16)31/h8-10,13,18,30-31,34,36H,6-7H2,1-5H3,(H2,26,35)/b27-9+/t10-,13-,18-,25-/m0/s1. The number of anilines is 1. The number of rotatable bonds is 5. The zero-order valence-corrected chi connectivity index (χ0v) is 21.1. The number of hydrogen-bond donors (Lipinski definition) is 5. The number of primary amides is 1. The molecule has 1 aromatic carbocycles. The summed E-state index contributed by atoms with van der Waals surface area (Å²) in [5, 5.41) is 48.7. The number of carbonyl (C=O) groups excluding carboxylic acids is 3. The highest BCUT2D eigenvalue weighted by molar-refractivity contribution is 6.24. The van der Waals surface area contributed by atoms with Crippen LogP contribution in [-0.2, 0) is 25.6 Å². The van der Waals surface area contributed by atoms with Gasteiger partial charge < -0.3 is 35.9 Å². The fraction of sp³-hybridized carbons (Fsp3) is 0.440. The van der Waals surface area contributed by atoms with E-state index in [4.69, 9.17) is 10.6 Å². The summed E-state index contributed by atoms with van der Waals surface area (Å²) in [5.41, 5.74) is 3.00. The number of aromatic hydroxyl groups is 1. The van der Waals surface area contributed by atoms with Crippen molar-refractivity contribution in [1.82, 2.24) is 4.90 Å². The normalized spacial score (nSPS) is 27.4. The van der Waals surface area contributed by atoms with E-state index in [-0.39, 0.29) is 35.3 Å². The summed E-state index contributed by atoms with van der Waals surface area (Å²) in [7, 11) is 8.00. The predicted molar refractivity (Wildman–Crippen MR) is 133 cm³/mol. The summed E-state index contributed by atoms with van der Waals surface area (Å²) < 4.78 is 0. The topological polar surface area (TPSA) is 186 Å². The molecule has 12 heteroatoms. The molecule has 1 aromatic rings. The van der Waals surface area contributed by atoms with Gasteiger partial charge in [0.15, 0.2) is 11.4 Å². The van der Waals surface area contributed by atoms with Crippen LogP contribution in [0.15, 0.2) is 28.1 Å². The van der Waals surface area contributed by atoms with Crippen molar-refractivity contribution >= 4 is 35.1 Å². The maximum atomic E-state index is 13.9. The molecule has 4 atom stereocenters. The Kier molecular flexibility index (Phi) is 6.29. The van der Waals surface area contributed by atoms with E-state index in [1.54, 1.807) is 39.2 Å². The quantitative estimate of drug-likeness (QED) is 0.204. The number of phenolic OH excluding ortho intramolecular Hbond substituents is 1. The van der Waals surface area contributed by atoms with Crippen LogP contribution >= 0.6 is 0 Å². The van der Waals surface area contributed by atoms with Crippen molar-refractivity contribution in [3.8, 4) is 5.75 Å². The molecule has 1 amide bonds. The van der Waals surface area contributed by atoms with Gasteiger partial charge in [0.1, 0.15) is 30.0 Å². The van der Waals surface area contributed by atoms with Gasteiger partial charge in [-0.05, 0) is 44.5 Å². The Morgan fingerprint density at radius 2 is 1.86 bits per heavy atom. The average molecular weight is 515 g/mol. The zero-order valence-electron chi connectivity index (χ0n) is 21.1. The van der Waals surface area contributed by atoms with Crippen LogP contribution in [0, 0.1) is 11.8 Å². The Labute approximate surface area is 212 Å². The van der Waals surface area contributed by atoms with E-state index in [1.165, 1.54) is 18.2 Å². The van der Waals surface area contributed by atoms with Crippen LogP contribution in [0.2, 0.25) is 0 Å². The van der Waals surface area contributed by atoms with E-state index in [0.717, 1.165) is 0 Å². The first-order chi connectivity index (χ1) is 17.3. The molecule has 0 bridgehead atoms. The number of ketones is 2. The van der Waals surface area contributed by atoms with Crippen molar-refractivity contribution < 1.29 is 39.6 Å². The number of Topliss-reactive ketones (excluding diaryl/α,β-unsaturated/α-hetero) is 2. The number of carbonyl (C=O) groups is 3. The molecule has 0 aromatic heterocycles. The van der Waals surface area contributed by atoms with Gasteiger partial charge in [0.05, 0.1) is 17.8 Å². The van der Waals surface area contributed by atoms with E-state index < -0.39 is 58.0 Å². The highest BCUT2D eigenvalue weighted by Gasteiger charge is 2.64. The maximum absolute atomic E-state index is 13.9. The Balaban J connectivity index is 2.01. The Morgan fingerprint density at radius 1 is 1.22 bits per heavy atom. The Bertz CT molecular complexity index is 1310. The fourth-order valence-corrected chi connectivity index (χ4v) is 5.92. The first-order valence-electron chi connectivity index (χ1n) is 11.6. The monoisotopic (exact) mass is 514 g/mol. The average Bonchev–Trinajstić information content (AvgIpc) is 2.80. The molecule has 3 aliphatic carbocycles. The Hall–Kier alpha value is -3.90. The first kappa shape index (κ1) is 26.2. The number of nitrogens with two attached hydrogens (primary N) is 1. The number of nitrogens with zero attached hydrogens (tertiary/aromatic N) is 3. The molecule has 1 saturated carbocycles. The molecule has 4 rings (SSSR count). The number of oxime groups is 1. The van der Waals surface area contributed by atoms with Crippen LogP contribution in [0.4, 0.5) is 5.69 Å². The minimum atomic E-state index is -2.68. The molecular formula is C25H30N4O8. The van der Waals surface area contributed by atoms with E-state index in [9.17, 15) is 34.8 Å². The van der Waals surface area contributed by atoms with Gasteiger partial charge >= 0.3 is 0 Å². The summed E-state index contributed by atoms with van der Waals surface area (Å²) in [6, 6.07) is 0.531.